The number of carbonyl (C=O) groups is 2. The molecule has 1 unspecified atom stereocenters. The standard InChI is InChI=1S/C13H18N4O2/c18-12-5-9(7-17(12)11-1-2-11)13(19)15-4-3-10-6-14-8-16-10/h6,8-9,11H,1-5,7H2,(H,14,16)(H,15,19). The minimum atomic E-state index is -0.171. The van der Waals surface area contributed by atoms with Gasteiger partial charge in [-0.2, -0.15) is 0 Å². The maximum atomic E-state index is 12.0. The topological polar surface area (TPSA) is 78.1 Å². The molecule has 2 amide bonds. The van der Waals surface area contributed by atoms with Gasteiger partial charge in [0.1, 0.15) is 0 Å². The first-order valence-corrected chi connectivity index (χ1v) is 6.78. The zero-order valence-electron chi connectivity index (χ0n) is 10.8. The lowest BCUT2D eigenvalue weighted by molar-refractivity contribution is -0.129. The minimum Gasteiger partial charge on any atom is -0.355 e. The number of likely N-dealkylation sites (tertiary alicyclic amines) is 1. The largest absolute Gasteiger partial charge is 0.355 e. The van der Waals surface area contributed by atoms with Crippen LogP contribution in [0.15, 0.2) is 12.5 Å². The SMILES string of the molecule is O=C(NCCc1cnc[nH]1)C1CC(=O)N(C2CC2)C1. The van der Waals surface area contributed by atoms with E-state index < -0.39 is 0 Å². The second-order valence-corrected chi connectivity index (χ2v) is 5.30. The normalized spacial score (nSPS) is 22.8. The van der Waals surface area contributed by atoms with Gasteiger partial charge in [0.25, 0.3) is 0 Å². The molecule has 1 aromatic rings. The number of nitrogens with zero attached hydrogens (tertiary/aromatic N) is 2. The van der Waals surface area contributed by atoms with Crippen LogP contribution < -0.4 is 5.32 Å². The van der Waals surface area contributed by atoms with E-state index in [1.807, 2.05) is 4.90 Å². The van der Waals surface area contributed by atoms with Crippen LogP contribution in [0.4, 0.5) is 0 Å². The molecule has 6 nitrogen and oxygen atoms in total. The number of aromatic nitrogens is 2. The number of hydrogen-bond acceptors (Lipinski definition) is 3. The maximum Gasteiger partial charge on any atom is 0.225 e. The summed E-state index contributed by atoms with van der Waals surface area (Å²) < 4.78 is 0. The van der Waals surface area contributed by atoms with Gasteiger partial charge >= 0.3 is 0 Å². The van der Waals surface area contributed by atoms with Crippen LogP contribution in [-0.2, 0) is 16.0 Å². The van der Waals surface area contributed by atoms with E-state index in [4.69, 9.17) is 0 Å². The van der Waals surface area contributed by atoms with E-state index in [-0.39, 0.29) is 17.7 Å². The first-order chi connectivity index (χ1) is 9.24. The molecule has 2 heterocycles. The number of H-pyrrole nitrogens is 1. The van der Waals surface area contributed by atoms with Crippen molar-refractivity contribution < 1.29 is 9.59 Å². The zero-order valence-corrected chi connectivity index (χ0v) is 10.8. The monoisotopic (exact) mass is 262 g/mol. The van der Waals surface area contributed by atoms with Crippen LogP contribution in [0.3, 0.4) is 0 Å². The highest BCUT2D eigenvalue weighted by atomic mass is 16.2. The second-order valence-electron chi connectivity index (χ2n) is 5.30. The summed E-state index contributed by atoms with van der Waals surface area (Å²) in [7, 11) is 0. The third-order valence-electron chi connectivity index (χ3n) is 3.77. The van der Waals surface area contributed by atoms with Gasteiger partial charge in [-0.1, -0.05) is 0 Å². The highest BCUT2D eigenvalue weighted by Gasteiger charge is 2.41. The summed E-state index contributed by atoms with van der Waals surface area (Å²) >= 11 is 0. The van der Waals surface area contributed by atoms with Gasteiger partial charge in [-0.15, -0.1) is 0 Å². The highest BCUT2D eigenvalue weighted by Crippen LogP contribution is 2.32. The number of nitrogens with one attached hydrogen (secondary N) is 2. The molecular formula is C13H18N4O2. The minimum absolute atomic E-state index is 0.00369. The Morgan fingerprint density at radius 3 is 3.05 bits per heavy atom. The van der Waals surface area contributed by atoms with Gasteiger partial charge in [-0.25, -0.2) is 4.98 Å². The molecule has 19 heavy (non-hydrogen) atoms. The maximum absolute atomic E-state index is 12.0. The third-order valence-corrected chi connectivity index (χ3v) is 3.77. The van der Waals surface area contributed by atoms with E-state index in [0.29, 0.717) is 25.6 Å². The Hall–Kier alpha value is -1.85. The van der Waals surface area contributed by atoms with E-state index in [9.17, 15) is 9.59 Å². The Labute approximate surface area is 111 Å². The van der Waals surface area contributed by atoms with Crippen molar-refractivity contribution in [2.24, 2.45) is 5.92 Å². The van der Waals surface area contributed by atoms with Gasteiger partial charge in [0.05, 0.1) is 12.2 Å². The van der Waals surface area contributed by atoms with E-state index >= 15 is 0 Å². The van der Waals surface area contributed by atoms with Gasteiger partial charge in [-0.3, -0.25) is 9.59 Å². The van der Waals surface area contributed by atoms with E-state index in [0.717, 1.165) is 25.0 Å². The molecule has 1 saturated carbocycles. The number of aromatic amines is 1. The molecule has 1 atom stereocenters. The Balaban J connectivity index is 1.44. The van der Waals surface area contributed by atoms with Crippen LogP contribution in [-0.4, -0.2) is 45.8 Å². The second kappa shape index (κ2) is 5.03. The van der Waals surface area contributed by atoms with Crippen molar-refractivity contribution in [3.05, 3.63) is 18.2 Å². The number of amides is 2. The van der Waals surface area contributed by atoms with Crippen molar-refractivity contribution in [1.29, 1.82) is 0 Å². The fourth-order valence-corrected chi connectivity index (χ4v) is 2.53. The van der Waals surface area contributed by atoms with Gasteiger partial charge in [0, 0.05) is 43.9 Å². The molecule has 0 bridgehead atoms. The summed E-state index contributed by atoms with van der Waals surface area (Å²) in [5.41, 5.74) is 1.00. The summed E-state index contributed by atoms with van der Waals surface area (Å²) in [5.74, 6) is -0.0397. The summed E-state index contributed by atoms with van der Waals surface area (Å²) in [6, 6.07) is 0.412. The molecule has 0 radical (unpaired) electrons. The van der Waals surface area contributed by atoms with Gasteiger partial charge in [0.2, 0.25) is 11.8 Å². The first-order valence-electron chi connectivity index (χ1n) is 6.78. The summed E-state index contributed by atoms with van der Waals surface area (Å²) in [5, 5.41) is 2.90. The van der Waals surface area contributed by atoms with Crippen molar-refractivity contribution in [3.8, 4) is 0 Å². The lowest BCUT2D eigenvalue weighted by Gasteiger charge is -2.15. The van der Waals surface area contributed by atoms with Crippen molar-refractivity contribution in [1.82, 2.24) is 20.2 Å². The molecule has 6 heteroatoms. The molecule has 2 N–H and O–H groups in total. The van der Waals surface area contributed by atoms with Crippen LogP contribution in [0.25, 0.3) is 0 Å². The number of carbonyl (C=O) groups excluding carboxylic acids is 2. The van der Waals surface area contributed by atoms with Crippen LogP contribution in [0.2, 0.25) is 0 Å². The lowest BCUT2D eigenvalue weighted by atomic mass is 10.1. The smallest absolute Gasteiger partial charge is 0.225 e. The van der Waals surface area contributed by atoms with Crippen molar-refractivity contribution in [3.63, 3.8) is 0 Å². The van der Waals surface area contributed by atoms with E-state index in [1.165, 1.54) is 0 Å². The highest BCUT2D eigenvalue weighted by molar-refractivity contribution is 5.89. The van der Waals surface area contributed by atoms with Crippen LogP contribution in [0.1, 0.15) is 25.0 Å². The fraction of sp³-hybridized carbons (Fsp3) is 0.615. The number of hydrogen-bond donors (Lipinski definition) is 2. The van der Waals surface area contributed by atoms with Crippen molar-refractivity contribution in [2.45, 2.75) is 31.7 Å². The third kappa shape index (κ3) is 2.77. The molecule has 0 aromatic carbocycles. The van der Waals surface area contributed by atoms with Gasteiger partial charge < -0.3 is 15.2 Å². The Morgan fingerprint density at radius 1 is 1.53 bits per heavy atom. The molecule has 1 aliphatic carbocycles. The van der Waals surface area contributed by atoms with Gasteiger partial charge in [0.15, 0.2) is 0 Å². The molecule has 1 saturated heterocycles. The Bertz CT molecular complexity index is 467. The summed E-state index contributed by atoms with van der Waals surface area (Å²) in [4.78, 5) is 32.5. The number of rotatable bonds is 5. The fourth-order valence-electron chi connectivity index (χ4n) is 2.53. The van der Waals surface area contributed by atoms with Gasteiger partial charge in [-0.05, 0) is 12.8 Å². The molecule has 1 aromatic heterocycles. The van der Waals surface area contributed by atoms with Crippen LogP contribution in [0.5, 0.6) is 0 Å². The predicted molar refractivity (Wildman–Crippen MR) is 68.1 cm³/mol. The Kier molecular flexibility index (Phi) is 3.23. The average Bonchev–Trinajstić information content (AvgIpc) is 2.96. The Morgan fingerprint density at radius 2 is 2.37 bits per heavy atom. The van der Waals surface area contributed by atoms with Crippen molar-refractivity contribution >= 4 is 11.8 Å². The molecule has 3 rings (SSSR count). The molecular weight excluding hydrogens is 244 g/mol. The molecule has 2 fully saturated rings. The van der Waals surface area contributed by atoms with E-state index in [2.05, 4.69) is 15.3 Å². The molecule has 1 aliphatic heterocycles. The van der Waals surface area contributed by atoms with Crippen molar-refractivity contribution in [2.75, 3.05) is 13.1 Å². The zero-order chi connectivity index (χ0) is 13.2. The summed E-state index contributed by atoms with van der Waals surface area (Å²) in [6.45, 7) is 1.18. The van der Waals surface area contributed by atoms with Crippen LogP contribution >= 0.6 is 0 Å². The lowest BCUT2D eigenvalue weighted by Crippen LogP contribution is -2.34. The van der Waals surface area contributed by atoms with E-state index in [1.54, 1.807) is 12.5 Å². The van der Waals surface area contributed by atoms with Crippen LogP contribution in [0, 0.1) is 5.92 Å². The number of imidazole rings is 1. The quantitative estimate of drug-likeness (QED) is 0.789. The molecule has 0 spiro atoms. The molecule has 102 valence electrons. The average molecular weight is 262 g/mol. The first kappa shape index (κ1) is 12.2. The predicted octanol–water partition coefficient (Wildman–Crippen LogP) is 0.0793. The summed E-state index contributed by atoms with van der Waals surface area (Å²) in [6.07, 6.45) is 6.67. The molecule has 2 aliphatic rings.